The topological polar surface area (TPSA) is 143 Å². The zero-order chi connectivity index (χ0) is 20.2. The number of benzene rings is 3. The Morgan fingerprint density at radius 1 is 0.533 bits per heavy atom. The number of nitrogens with zero attached hydrogens (tertiary/aromatic N) is 8. The minimum absolute atomic E-state index is 0.537. The molecule has 0 aromatic heterocycles. The van der Waals surface area contributed by atoms with Gasteiger partial charge in [0, 0.05) is 0 Å². The molecule has 2 aliphatic rings. The molecule has 10 heteroatoms. The summed E-state index contributed by atoms with van der Waals surface area (Å²) in [5.74, 6) is 1.07. The smallest absolute Gasteiger partial charge is 0.0213 e. The van der Waals surface area contributed by atoms with Crippen molar-refractivity contribution in [2.24, 2.45) is 10.2 Å². The average molecular weight is 396 g/mol. The first-order valence-electron chi connectivity index (χ1n) is 9.20. The number of hydrogen-bond donors (Lipinski definition) is 2. The Morgan fingerprint density at radius 2 is 0.933 bits per heavy atom. The van der Waals surface area contributed by atoms with E-state index in [-0.39, 0.29) is 0 Å². The number of amidine groups is 2. The highest BCUT2D eigenvalue weighted by atomic mass is 15.8. The van der Waals surface area contributed by atoms with Crippen LogP contribution in [0.1, 0.15) is 11.1 Å². The van der Waals surface area contributed by atoms with E-state index in [1.165, 1.54) is 11.1 Å². The number of para-hydroxylation sites is 4. The number of quaternary nitrogens is 2. The molecule has 0 spiro atoms. The maximum atomic E-state index is 4.84. The summed E-state index contributed by atoms with van der Waals surface area (Å²) in [5, 5.41) is 17.8. The first-order chi connectivity index (χ1) is 14.9. The Morgan fingerprint density at radius 3 is 1.33 bits per heavy atom. The fraction of sp³-hybridized carbons (Fsp3) is 0. The van der Waals surface area contributed by atoms with Crippen LogP contribution in [-0.2, 0) is 0 Å². The van der Waals surface area contributed by atoms with E-state index in [0.29, 0.717) is 11.7 Å². The highest BCUT2D eigenvalue weighted by molar-refractivity contribution is 6.13. The largest absolute Gasteiger partial charge is 0.658 e. The van der Waals surface area contributed by atoms with Gasteiger partial charge in [-0.1, -0.05) is 72.8 Å². The van der Waals surface area contributed by atoms with Crippen molar-refractivity contribution in [3.8, 4) is 0 Å². The number of hydrogen-bond acceptors (Lipinski definition) is 2. The van der Waals surface area contributed by atoms with Crippen molar-refractivity contribution in [3.05, 3.63) is 116 Å². The molecule has 2 aliphatic heterocycles. The lowest BCUT2D eigenvalue weighted by atomic mass is 10.1. The monoisotopic (exact) mass is 396 g/mol. The van der Waals surface area contributed by atoms with E-state index in [0.717, 1.165) is 33.9 Å². The van der Waals surface area contributed by atoms with Gasteiger partial charge in [0.1, 0.15) is 0 Å². The van der Waals surface area contributed by atoms with Crippen LogP contribution in [0.3, 0.4) is 0 Å². The summed E-state index contributed by atoms with van der Waals surface area (Å²) >= 11 is 0. The molecular weight excluding hydrogens is 380 g/mol. The van der Waals surface area contributed by atoms with Gasteiger partial charge >= 0.3 is 0 Å². The molecule has 30 heavy (non-hydrogen) atoms. The van der Waals surface area contributed by atoms with Gasteiger partial charge in [-0.2, -0.15) is 11.4 Å². The summed E-state index contributed by atoms with van der Waals surface area (Å²) in [6.07, 6.45) is 0. The van der Waals surface area contributed by atoms with Crippen molar-refractivity contribution in [3.63, 3.8) is 0 Å². The van der Waals surface area contributed by atoms with Gasteiger partial charge in [-0.3, -0.25) is 10.9 Å². The van der Waals surface area contributed by atoms with Gasteiger partial charge in [0.25, 0.3) is 0 Å². The molecule has 10 nitrogen and oxygen atoms in total. The van der Waals surface area contributed by atoms with E-state index in [1.54, 1.807) is 0 Å². The summed E-state index contributed by atoms with van der Waals surface area (Å²) in [6, 6.07) is 23.1. The Kier molecular flexibility index (Phi) is 4.74. The quantitative estimate of drug-likeness (QED) is 0.581. The molecule has 0 amide bonds. The molecule has 0 fully saturated rings. The van der Waals surface area contributed by atoms with Gasteiger partial charge in [0.15, 0.2) is 0 Å². The van der Waals surface area contributed by atoms with E-state index in [2.05, 4.69) is 32.1 Å². The lowest BCUT2D eigenvalue weighted by Crippen LogP contribution is -2.70. The Bertz CT molecular complexity index is 1040. The summed E-state index contributed by atoms with van der Waals surface area (Å²) in [4.78, 5) is 0. The van der Waals surface area contributed by atoms with Crippen LogP contribution in [0.5, 0.6) is 0 Å². The number of nitrogens with two attached hydrogens (primary N) is 2. The first kappa shape index (κ1) is 17.8. The second-order valence-electron chi connectivity index (χ2n) is 6.31. The van der Waals surface area contributed by atoms with Crippen molar-refractivity contribution in [2.45, 2.75) is 0 Å². The molecule has 2 heterocycles. The van der Waals surface area contributed by atoms with Gasteiger partial charge in [0.05, 0.1) is 0 Å². The Balaban J connectivity index is 1.46. The van der Waals surface area contributed by atoms with Crippen LogP contribution in [-0.4, -0.2) is 11.7 Å². The van der Waals surface area contributed by atoms with E-state index >= 15 is 0 Å². The van der Waals surface area contributed by atoms with Crippen molar-refractivity contribution in [2.75, 3.05) is 0 Å². The van der Waals surface area contributed by atoms with E-state index in [1.807, 2.05) is 72.8 Å². The van der Waals surface area contributed by atoms with Gasteiger partial charge in [0.2, 0.25) is 0 Å². The first-order valence-corrected chi connectivity index (χ1v) is 9.20. The van der Waals surface area contributed by atoms with Crippen LogP contribution in [0, 0.1) is 0 Å². The van der Waals surface area contributed by atoms with Crippen LogP contribution in [0.2, 0.25) is 0 Å². The second kappa shape index (κ2) is 7.99. The van der Waals surface area contributed by atoms with E-state index < -0.39 is 0 Å². The van der Waals surface area contributed by atoms with Crippen molar-refractivity contribution >= 4 is 34.4 Å². The minimum atomic E-state index is 0.537. The molecule has 0 saturated carbocycles. The van der Waals surface area contributed by atoms with Gasteiger partial charge in [-0.15, -0.1) is 11.4 Å². The third-order valence-corrected chi connectivity index (χ3v) is 4.42. The van der Waals surface area contributed by atoms with Crippen molar-refractivity contribution in [1.82, 2.24) is 0 Å². The van der Waals surface area contributed by atoms with Gasteiger partial charge in [-0.25, -0.2) is 0 Å². The van der Waals surface area contributed by atoms with Crippen LogP contribution >= 0.6 is 0 Å². The Hall–Kier alpha value is -4.28. The summed E-state index contributed by atoms with van der Waals surface area (Å²) < 4.78 is 0. The second-order valence-corrected chi connectivity index (χ2v) is 6.31. The summed E-state index contributed by atoms with van der Waals surface area (Å²) in [6.45, 7) is 0. The minimum Gasteiger partial charge on any atom is -0.658 e. The molecule has 5 rings (SSSR count). The SMILES string of the molecule is c1ccc([N-]c2ccccc2C2=N[N-][NH2+][N-]2)c([N-]c2ccccc2C2=N[N-][NH2+][N-]2)c1. The maximum Gasteiger partial charge on any atom is -0.0213 e. The molecule has 4 N–H and O–H groups in total. The molecule has 3 aromatic carbocycles. The predicted molar refractivity (Wildman–Crippen MR) is 115 cm³/mol. The van der Waals surface area contributed by atoms with Gasteiger partial charge < -0.3 is 43.0 Å². The van der Waals surface area contributed by atoms with Crippen molar-refractivity contribution < 1.29 is 11.1 Å². The standard InChI is InChI=1S/C20H16N10/c1-3-9-15(13(7-1)19-23-27-28-24-19)21-17-11-5-6-12-18(17)22-16-10-4-2-8-14(16)20-25-29-30-26-20/h1-12H,27,29H2/q-4. The van der Waals surface area contributed by atoms with Crippen LogP contribution < -0.4 is 11.1 Å². The van der Waals surface area contributed by atoms with Crippen LogP contribution in [0.25, 0.3) is 32.6 Å². The molecule has 0 radical (unpaired) electrons. The van der Waals surface area contributed by atoms with Gasteiger partial charge in [-0.05, 0) is 22.8 Å². The molecule has 0 aliphatic carbocycles. The highest BCUT2D eigenvalue weighted by Gasteiger charge is 2.00. The molecule has 0 unspecified atom stereocenters. The summed E-state index contributed by atoms with van der Waals surface area (Å²) in [7, 11) is 0. The van der Waals surface area contributed by atoms with Crippen LogP contribution in [0.4, 0.5) is 22.7 Å². The third kappa shape index (κ3) is 3.55. The zero-order valence-corrected chi connectivity index (χ0v) is 15.7. The molecular formula is C20H16N10-4. The fourth-order valence-corrected chi connectivity index (χ4v) is 3.05. The summed E-state index contributed by atoms with van der Waals surface area (Å²) in [5.41, 5.74) is 23.4. The fourth-order valence-electron chi connectivity index (χ4n) is 3.05. The van der Waals surface area contributed by atoms with Crippen LogP contribution in [0.15, 0.2) is 83.0 Å². The zero-order valence-electron chi connectivity index (χ0n) is 15.7. The molecule has 0 atom stereocenters. The van der Waals surface area contributed by atoms with E-state index in [9.17, 15) is 0 Å². The number of rotatable bonds is 6. The lowest BCUT2D eigenvalue weighted by Gasteiger charge is -2.36. The predicted octanol–water partition coefficient (Wildman–Crippen LogP) is 3.99. The normalized spacial score (nSPS) is 14.5. The molecule has 150 valence electrons. The average Bonchev–Trinajstić information content (AvgIpc) is 3.51. The molecule has 0 saturated heterocycles. The lowest BCUT2D eigenvalue weighted by molar-refractivity contribution is -0.544. The highest BCUT2D eigenvalue weighted by Crippen LogP contribution is 2.45. The maximum absolute atomic E-state index is 4.84. The van der Waals surface area contributed by atoms with E-state index in [4.69, 9.17) is 10.6 Å². The van der Waals surface area contributed by atoms with Crippen molar-refractivity contribution in [1.29, 1.82) is 0 Å². The molecule has 0 bridgehead atoms. The Labute approximate surface area is 172 Å². The third-order valence-electron chi connectivity index (χ3n) is 4.42. The molecule has 3 aromatic rings.